The van der Waals surface area contributed by atoms with E-state index in [-0.39, 0.29) is 5.88 Å². The van der Waals surface area contributed by atoms with E-state index >= 15 is 0 Å². The Kier molecular flexibility index (Phi) is 2.12. The van der Waals surface area contributed by atoms with Gasteiger partial charge >= 0.3 is 0 Å². The number of nitrogens with zero attached hydrogens (tertiary/aromatic N) is 3. The molecule has 1 N–H and O–H groups in total. The van der Waals surface area contributed by atoms with Gasteiger partial charge in [0.15, 0.2) is 6.40 Å². The Morgan fingerprint density at radius 2 is 2.46 bits per heavy atom. The van der Waals surface area contributed by atoms with E-state index in [4.69, 9.17) is 16.4 Å². The van der Waals surface area contributed by atoms with Gasteiger partial charge in [-0.2, -0.15) is 0 Å². The number of hydrogen-bond acceptors (Lipinski definition) is 5. The van der Waals surface area contributed by atoms with Crippen LogP contribution in [0.4, 0.5) is 0 Å². The molecule has 0 saturated carbocycles. The second kappa shape index (κ2) is 3.27. The van der Waals surface area contributed by atoms with Crippen molar-refractivity contribution in [3.8, 4) is 0 Å². The normalized spacial score (nSPS) is 25.9. The molecule has 1 atom stereocenters. The Balaban J connectivity index is 2.37. The fourth-order valence-electron chi connectivity index (χ4n) is 1.03. The van der Waals surface area contributed by atoms with Gasteiger partial charge in [-0.15, -0.1) is 17.1 Å². The van der Waals surface area contributed by atoms with Gasteiger partial charge < -0.3 is 4.84 Å². The first-order chi connectivity index (χ1) is 6.37. The maximum absolute atomic E-state index is 5.78. The maximum atomic E-state index is 5.78. The topological polar surface area (TPSA) is 59.4 Å². The summed E-state index contributed by atoms with van der Waals surface area (Å²) in [6, 6.07) is 0. The molecule has 1 aromatic heterocycles. The average molecular weight is 199 g/mol. The lowest BCUT2D eigenvalue weighted by molar-refractivity contribution is 0.134. The van der Waals surface area contributed by atoms with Crippen LogP contribution < -0.4 is 5.48 Å². The first kappa shape index (κ1) is 8.40. The van der Waals surface area contributed by atoms with Gasteiger partial charge in [-0.25, -0.2) is 4.99 Å². The third-order valence-corrected chi connectivity index (χ3v) is 2.12. The number of aromatic nitrogens is 2. The number of nitrogens with one attached hydrogen (secondary N) is 1. The minimum absolute atomic E-state index is 0.238. The Bertz CT molecular complexity index is 318. The van der Waals surface area contributed by atoms with Crippen LogP contribution in [0.25, 0.3) is 0 Å². The Morgan fingerprint density at radius 3 is 3.00 bits per heavy atom. The van der Waals surface area contributed by atoms with Gasteiger partial charge in [0.2, 0.25) is 5.66 Å². The van der Waals surface area contributed by atoms with Gasteiger partial charge in [-0.1, -0.05) is 0 Å². The third kappa shape index (κ3) is 1.36. The number of alkyl halides is 1. The van der Waals surface area contributed by atoms with E-state index < -0.39 is 5.66 Å². The summed E-state index contributed by atoms with van der Waals surface area (Å²) < 4.78 is 0. The van der Waals surface area contributed by atoms with Crippen LogP contribution in [0.3, 0.4) is 0 Å². The van der Waals surface area contributed by atoms with Gasteiger partial charge in [-0.05, 0) is 0 Å². The molecule has 1 aromatic rings. The molecule has 0 amide bonds. The van der Waals surface area contributed by atoms with Gasteiger partial charge in [0.25, 0.3) is 0 Å². The highest BCUT2D eigenvalue weighted by Crippen LogP contribution is 2.24. The minimum atomic E-state index is -0.782. The lowest BCUT2D eigenvalue weighted by Gasteiger charge is -2.19. The molecule has 0 bridgehead atoms. The first-order valence-corrected chi connectivity index (χ1v) is 4.20. The van der Waals surface area contributed by atoms with E-state index in [2.05, 4.69) is 20.4 Å². The van der Waals surface area contributed by atoms with E-state index in [9.17, 15) is 0 Å². The van der Waals surface area contributed by atoms with Gasteiger partial charge in [-0.3, -0.25) is 9.97 Å². The first-order valence-electron chi connectivity index (χ1n) is 3.66. The quantitative estimate of drug-likeness (QED) is 0.701. The van der Waals surface area contributed by atoms with Gasteiger partial charge in [0.1, 0.15) is 5.69 Å². The van der Waals surface area contributed by atoms with Crippen LogP contribution in [0.15, 0.2) is 23.6 Å². The van der Waals surface area contributed by atoms with Gasteiger partial charge in [0, 0.05) is 12.4 Å². The molecule has 0 fully saturated rings. The number of hydrogen-bond donors (Lipinski definition) is 1. The van der Waals surface area contributed by atoms with Crippen molar-refractivity contribution >= 4 is 18.0 Å². The maximum Gasteiger partial charge on any atom is 0.202 e. The molecule has 0 aliphatic carbocycles. The highest BCUT2D eigenvalue weighted by Gasteiger charge is 2.36. The molecule has 1 aliphatic rings. The molecule has 13 heavy (non-hydrogen) atoms. The second-order valence-electron chi connectivity index (χ2n) is 2.54. The van der Waals surface area contributed by atoms with E-state index in [1.807, 2.05) is 0 Å². The van der Waals surface area contributed by atoms with Crippen molar-refractivity contribution in [3.63, 3.8) is 0 Å². The van der Waals surface area contributed by atoms with E-state index in [1.54, 1.807) is 18.6 Å². The second-order valence-corrected chi connectivity index (χ2v) is 2.81. The SMILES string of the molecule is ClCC1(c2cnccn2)N=CON1. The van der Waals surface area contributed by atoms with E-state index in [0.29, 0.717) is 5.69 Å². The molecule has 0 aromatic carbocycles. The lowest BCUT2D eigenvalue weighted by atomic mass is 10.1. The standard InChI is InChI=1S/C7H7ClN4O/c8-4-7(11-5-13-12-7)6-3-9-1-2-10-6/h1-3,5,12H,4H2. The summed E-state index contributed by atoms with van der Waals surface area (Å²) in [5.74, 6) is 0.238. The molecule has 0 saturated heterocycles. The summed E-state index contributed by atoms with van der Waals surface area (Å²) in [4.78, 5) is 16.9. The van der Waals surface area contributed by atoms with Crippen LogP contribution in [0.2, 0.25) is 0 Å². The summed E-state index contributed by atoms with van der Waals surface area (Å²) in [5.41, 5.74) is 2.54. The molecule has 2 rings (SSSR count). The Labute approximate surface area is 79.8 Å². The molecule has 1 aliphatic heterocycles. The van der Waals surface area contributed by atoms with Crippen molar-refractivity contribution in [1.82, 2.24) is 15.4 Å². The van der Waals surface area contributed by atoms with Crippen molar-refractivity contribution < 1.29 is 4.84 Å². The van der Waals surface area contributed by atoms with Crippen molar-refractivity contribution in [3.05, 3.63) is 24.3 Å². The summed E-state index contributed by atoms with van der Waals surface area (Å²) in [7, 11) is 0. The highest BCUT2D eigenvalue weighted by atomic mass is 35.5. The smallest absolute Gasteiger partial charge is 0.202 e. The highest BCUT2D eigenvalue weighted by molar-refractivity contribution is 6.18. The Morgan fingerprint density at radius 1 is 1.54 bits per heavy atom. The summed E-state index contributed by atoms with van der Waals surface area (Å²) >= 11 is 5.78. The average Bonchev–Trinajstić information content (AvgIpc) is 2.69. The number of halogens is 1. The van der Waals surface area contributed by atoms with Crippen molar-refractivity contribution in [2.75, 3.05) is 5.88 Å². The predicted molar refractivity (Wildman–Crippen MR) is 47.1 cm³/mol. The molecule has 2 heterocycles. The Hall–Kier alpha value is -1.20. The van der Waals surface area contributed by atoms with Crippen LogP contribution in [-0.4, -0.2) is 22.2 Å². The van der Waals surface area contributed by atoms with Crippen molar-refractivity contribution in [2.24, 2.45) is 4.99 Å². The fourth-order valence-corrected chi connectivity index (χ4v) is 1.29. The van der Waals surface area contributed by atoms with Crippen molar-refractivity contribution in [2.45, 2.75) is 5.66 Å². The molecule has 5 nitrogen and oxygen atoms in total. The predicted octanol–water partition coefficient (Wildman–Crippen LogP) is 0.431. The fraction of sp³-hybridized carbons (Fsp3) is 0.286. The lowest BCUT2D eigenvalue weighted by Crippen LogP contribution is -2.38. The monoisotopic (exact) mass is 198 g/mol. The zero-order chi connectivity index (χ0) is 9.15. The minimum Gasteiger partial charge on any atom is -0.394 e. The molecule has 6 heteroatoms. The zero-order valence-electron chi connectivity index (χ0n) is 6.64. The third-order valence-electron chi connectivity index (χ3n) is 1.73. The van der Waals surface area contributed by atoms with Crippen LogP contribution >= 0.6 is 11.6 Å². The van der Waals surface area contributed by atoms with Crippen LogP contribution in [0.5, 0.6) is 0 Å². The number of aliphatic imine (C=N–C) groups is 1. The molecular weight excluding hydrogens is 192 g/mol. The zero-order valence-corrected chi connectivity index (χ0v) is 7.40. The summed E-state index contributed by atoms with van der Waals surface area (Å²) in [5, 5.41) is 0. The molecule has 1 unspecified atom stereocenters. The summed E-state index contributed by atoms with van der Waals surface area (Å²) in [6.45, 7) is 0. The van der Waals surface area contributed by atoms with Crippen LogP contribution in [-0.2, 0) is 10.5 Å². The van der Waals surface area contributed by atoms with Crippen molar-refractivity contribution in [1.29, 1.82) is 0 Å². The molecule has 0 spiro atoms. The van der Waals surface area contributed by atoms with Crippen LogP contribution in [0, 0.1) is 0 Å². The van der Waals surface area contributed by atoms with E-state index in [0.717, 1.165) is 0 Å². The summed E-state index contributed by atoms with van der Waals surface area (Å²) in [6.07, 6.45) is 6.07. The number of hydroxylamine groups is 1. The largest absolute Gasteiger partial charge is 0.394 e. The van der Waals surface area contributed by atoms with Gasteiger partial charge in [0.05, 0.1) is 12.1 Å². The number of rotatable bonds is 2. The molecule has 68 valence electrons. The van der Waals surface area contributed by atoms with E-state index in [1.165, 1.54) is 6.40 Å². The molecule has 0 radical (unpaired) electrons. The van der Waals surface area contributed by atoms with Crippen LogP contribution in [0.1, 0.15) is 5.69 Å². The molecular formula is C7H7ClN4O.